The maximum atomic E-state index is 6.23. The second-order valence-electron chi connectivity index (χ2n) is 4.10. The van der Waals surface area contributed by atoms with Crippen molar-refractivity contribution < 1.29 is 0 Å². The topological polar surface area (TPSA) is 43.3 Å². The van der Waals surface area contributed by atoms with E-state index < -0.39 is 0 Å². The third-order valence-corrected chi connectivity index (χ3v) is 4.21. The zero-order valence-electron chi connectivity index (χ0n) is 9.77. The number of thiazole rings is 1. The summed E-state index contributed by atoms with van der Waals surface area (Å²) in [7, 11) is 0. The number of rotatable bonds is 1. The molecular formula is C13H13N3S. The molecule has 0 aliphatic carbocycles. The van der Waals surface area contributed by atoms with Crippen LogP contribution < -0.4 is 5.73 Å². The van der Waals surface area contributed by atoms with Gasteiger partial charge in [-0.05, 0) is 37.6 Å². The lowest BCUT2D eigenvalue weighted by atomic mass is 10.1. The van der Waals surface area contributed by atoms with Gasteiger partial charge in [0.1, 0.15) is 10.6 Å². The van der Waals surface area contributed by atoms with Crippen LogP contribution in [0.2, 0.25) is 0 Å². The van der Waals surface area contributed by atoms with Gasteiger partial charge in [-0.2, -0.15) is 0 Å². The molecule has 0 spiro atoms. The lowest BCUT2D eigenvalue weighted by Crippen LogP contribution is -1.95. The highest BCUT2D eigenvalue weighted by molar-refractivity contribution is 7.17. The minimum absolute atomic E-state index is 0.813. The van der Waals surface area contributed by atoms with Crippen molar-refractivity contribution in [2.24, 2.45) is 0 Å². The number of hydrogen-bond donors (Lipinski definition) is 1. The van der Waals surface area contributed by atoms with Gasteiger partial charge in [0.2, 0.25) is 0 Å². The van der Waals surface area contributed by atoms with E-state index in [-0.39, 0.29) is 0 Å². The maximum absolute atomic E-state index is 6.23. The van der Waals surface area contributed by atoms with E-state index in [4.69, 9.17) is 5.73 Å². The third kappa shape index (κ3) is 1.45. The predicted octanol–water partition coefficient (Wildman–Crippen LogP) is 3.26. The fourth-order valence-corrected chi connectivity index (χ4v) is 3.13. The van der Waals surface area contributed by atoms with Gasteiger partial charge < -0.3 is 5.73 Å². The largest absolute Gasteiger partial charge is 0.384 e. The summed E-state index contributed by atoms with van der Waals surface area (Å²) < 4.78 is 2.12. The number of nitrogens with zero attached hydrogens (tertiary/aromatic N) is 2. The third-order valence-electron chi connectivity index (χ3n) is 3.10. The lowest BCUT2D eigenvalue weighted by molar-refractivity contribution is 1.13. The molecule has 0 aliphatic heterocycles. The molecule has 0 aromatic carbocycles. The highest BCUT2D eigenvalue weighted by Gasteiger charge is 2.13. The highest BCUT2D eigenvalue weighted by atomic mass is 32.1. The fraction of sp³-hybridized carbons (Fsp3) is 0.154. The fourth-order valence-electron chi connectivity index (χ4n) is 2.07. The minimum atomic E-state index is 0.813. The Bertz CT molecular complexity index is 680. The summed E-state index contributed by atoms with van der Waals surface area (Å²) >= 11 is 1.78. The van der Waals surface area contributed by atoms with Crippen LogP contribution in [-0.2, 0) is 0 Å². The Morgan fingerprint density at radius 2 is 1.94 bits per heavy atom. The standard InChI is InChI=1S/C13H13N3S/c1-8-9(2)17-12-7-11(13(14)16(8)12)10-3-5-15-6-4-10/h3-7H,14H2,1-2H3. The van der Waals surface area contributed by atoms with Gasteiger partial charge in [-0.25, -0.2) is 0 Å². The first-order valence-electron chi connectivity index (χ1n) is 5.46. The monoisotopic (exact) mass is 243 g/mol. The SMILES string of the molecule is Cc1sc2cc(-c3ccncc3)c(N)n2c1C. The Hall–Kier alpha value is -1.81. The maximum Gasteiger partial charge on any atom is 0.116 e. The summed E-state index contributed by atoms with van der Waals surface area (Å²) in [6.45, 7) is 4.23. The number of nitrogen functional groups attached to an aromatic ring is 1. The van der Waals surface area contributed by atoms with Crippen molar-refractivity contribution in [3.05, 3.63) is 41.2 Å². The van der Waals surface area contributed by atoms with E-state index in [1.165, 1.54) is 15.4 Å². The van der Waals surface area contributed by atoms with E-state index in [1.807, 2.05) is 12.1 Å². The molecule has 17 heavy (non-hydrogen) atoms. The molecule has 0 radical (unpaired) electrons. The molecule has 0 aliphatic rings. The number of anilines is 1. The second-order valence-corrected chi connectivity index (χ2v) is 5.33. The van der Waals surface area contributed by atoms with Crippen molar-refractivity contribution in [1.82, 2.24) is 9.38 Å². The quantitative estimate of drug-likeness (QED) is 0.713. The minimum Gasteiger partial charge on any atom is -0.384 e. The van der Waals surface area contributed by atoms with Gasteiger partial charge in [0.25, 0.3) is 0 Å². The zero-order chi connectivity index (χ0) is 12.0. The van der Waals surface area contributed by atoms with Crippen molar-refractivity contribution >= 4 is 22.0 Å². The first-order valence-corrected chi connectivity index (χ1v) is 6.27. The second kappa shape index (κ2) is 3.60. The molecule has 3 aromatic rings. The molecule has 2 N–H and O–H groups in total. The van der Waals surface area contributed by atoms with Gasteiger partial charge >= 0.3 is 0 Å². The molecule has 0 atom stereocenters. The summed E-state index contributed by atoms with van der Waals surface area (Å²) in [6, 6.07) is 6.12. The molecule has 0 amide bonds. The molecule has 3 nitrogen and oxygen atoms in total. The van der Waals surface area contributed by atoms with E-state index in [0.29, 0.717) is 0 Å². The van der Waals surface area contributed by atoms with Crippen LogP contribution in [0.25, 0.3) is 16.0 Å². The van der Waals surface area contributed by atoms with Crippen LogP contribution in [0.15, 0.2) is 30.6 Å². The molecule has 0 fully saturated rings. The number of aromatic nitrogens is 2. The van der Waals surface area contributed by atoms with Crippen LogP contribution >= 0.6 is 11.3 Å². The Balaban J connectivity index is 2.30. The van der Waals surface area contributed by atoms with E-state index in [0.717, 1.165) is 16.9 Å². The smallest absolute Gasteiger partial charge is 0.116 e. The van der Waals surface area contributed by atoms with Gasteiger partial charge in [0, 0.05) is 28.5 Å². The first-order chi connectivity index (χ1) is 8.18. The number of hydrogen-bond acceptors (Lipinski definition) is 3. The molecule has 3 heterocycles. The summed E-state index contributed by atoms with van der Waals surface area (Å²) in [4.78, 5) is 6.54. The predicted molar refractivity (Wildman–Crippen MR) is 72.4 cm³/mol. The van der Waals surface area contributed by atoms with E-state index in [2.05, 4.69) is 29.3 Å². The number of fused-ring (bicyclic) bond motifs is 1. The number of nitrogens with two attached hydrogens (primary N) is 1. The molecule has 3 aromatic heterocycles. The molecule has 4 heteroatoms. The Morgan fingerprint density at radius 1 is 1.24 bits per heavy atom. The normalized spacial score (nSPS) is 11.2. The van der Waals surface area contributed by atoms with Crippen molar-refractivity contribution in [2.45, 2.75) is 13.8 Å². The van der Waals surface area contributed by atoms with E-state index in [1.54, 1.807) is 23.7 Å². The van der Waals surface area contributed by atoms with Crippen molar-refractivity contribution in [3.8, 4) is 11.1 Å². The lowest BCUT2D eigenvalue weighted by Gasteiger charge is -2.01. The van der Waals surface area contributed by atoms with Crippen LogP contribution in [0.5, 0.6) is 0 Å². The Kier molecular flexibility index (Phi) is 2.19. The van der Waals surface area contributed by atoms with Crippen molar-refractivity contribution in [1.29, 1.82) is 0 Å². The van der Waals surface area contributed by atoms with Crippen LogP contribution in [0, 0.1) is 13.8 Å². The van der Waals surface area contributed by atoms with Gasteiger partial charge in [0.05, 0.1) is 0 Å². The Morgan fingerprint density at radius 3 is 2.59 bits per heavy atom. The number of aryl methyl sites for hydroxylation is 2. The molecule has 0 bridgehead atoms. The highest BCUT2D eigenvalue weighted by Crippen LogP contribution is 2.34. The van der Waals surface area contributed by atoms with Crippen molar-refractivity contribution in [3.63, 3.8) is 0 Å². The van der Waals surface area contributed by atoms with Gasteiger partial charge in [-0.15, -0.1) is 11.3 Å². The average molecular weight is 243 g/mol. The van der Waals surface area contributed by atoms with Crippen LogP contribution in [0.3, 0.4) is 0 Å². The first kappa shape index (κ1) is 10.4. The summed E-state index contributed by atoms with van der Waals surface area (Å²) in [5, 5.41) is 0. The molecule has 3 rings (SSSR count). The molecule has 0 saturated carbocycles. The van der Waals surface area contributed by atoms with Crippen LogP contribution in [0.4, 0.5) is 5.82 Å². The summed E-state index contributed by atoms with van der Waals surface area (Å²) in [5.41, 5.74) is 9.66. The Labute approximate surface area is 104 Å². The molecule has 86 valence electrons. The molecular weight excluding hydrogens is 230 g/mol. The van der Waals surface area contributed by atoms with Crippen molar-refractivity contribution in [2.75, 3.05) is 5.73 Å². The summed E-state index contributed by atoms with van der Waals surface area (Å²) in [6.07, 6.45) is 3.58. The molecule has 0 unspecified atom stereocenters. The average Bonchev–Trinajstić information content (AvgIpc) is 2.80. The van der Waals surface area contributed by atoms with Crippen LogP contribution in [0.1, 0.15) is 10.6 Å². The van der Waals surface area contributed by atoms with Gasteiger partial charge in [-0.3, -0.25) is 9.38 Å². The van der Waals surface area contributed by atoms with E-state index >= 15 is 0 Å². The molecule has 0 saturated heterocycles. The van der Waals surface area contributed by atoms with Gasteiger partial charge in [-0.1, -0.05) is 0 Å². The number of pyridine rings is 1. The van der Waals surface area contributed by atoms with Gasteiger partial charge in [0.15, 0.2) is 0 Å². The van der Waals surface area contributed by atoms with E-state index in [9.17, 15) is 0 Å². The summed E-state index contributed by atoms with van der Waals surface area (Å²) in [5.74, 6) is 0.813. The van der Waals surface area contributed by atoms with Crippen LogP contribution in [-0.4, -0.2) is 9.38 Å². The zero-order valence-corrected chi connectivity index (χ0v) is 10.6.